The molecule has 1 N–H and O–H groups in total. The van der Waals surface area contributed by atoms with Crippen LogP contribution in [-0.4, -0.2) is 11.1 Å². The maximum atomic E-state index is 12.7. The van der Waals surface area contributed by atoms with Gasteiger partial charge in [0, 0.05) is 5.69 Å². The van der Waals surface area contributed by atoms with Crippen molar-refractivity contribution in [3.8, 4) is 5.75 Å². The van der Waals surface area contributed by atoms with Gasteiger partial charge in [0.05, 0.1) is 5.56 Å². The lowest BCUT2D eigenvalue weighted by Gasteiger charge is -2.10. The summed E-state index contributed by atoms with van der Waals surface area (Å²) in [6.45, 7) is 10.0. The molecule has 1 amide bonds. The van der Waals surface area contributed by atoms with E-state index in [0.29, 0.717) is 11.3 Å². The molecular weight excluding hydrogens is 340 g/mol. The number of nitrogens with zero attached hydrogens (tertiary/aromatic N) is 1. The minimum Gasteiger partial charge on any atom is -0.489 e. The second-order valence-corrected chi connectivity index (χ2v) is 6.95. The summed E-state index contributed by atoms with van der Waals surface area (Å²) in [5.74, 6) is 1.02. The van der Waals surface area contributed by atoms with Crippen molar-refractivity contribution in [3.63, 3.8) is 0 Å². The topological polar surface area (TPSA) is 64.4 Å². The summed E-state index contributed by atoms with van der Waals surface area (Å²) in [5.41, 5.74) is 6.04. The first-order valence-corrected chi connectivity index (χ1v) is 8.88. The Morgan fingerprint density at radius 1 is 1.00 bits per heavy atom. The predicted octanol–water partition coefficient (Wildman–Crippen LogP) is 5.05. The molecule has 0 radical (unpaired) electrons. The average molecular weight is 364 g/mol. The number of carbonyl (C=O) groups excluding carboxylic acids is 1. The molecule has 0 bridgehead atoms. The Hall–Kier alpha value is -3.08. The zero-order valence-corrected chi connectivity index (χ0v) is 16.3. The molecule has 1 heterocycles. The second kappa shape index (κ2) is 7.66. The Morgan fingerprint density at radius 3 is 2.37 bits per heavy atom. The van der Waals surface area contributed by atoms with E-state index in [4.69, 9.17) is 9.26 Å². The third-order valence-corrected chi connectivity index (χ3v) is 4.41. The summed E-state index contributed by atoms with van der Waals surface area (Å²) in [5, 5.41) is 6.85. The Bertz CT molecular complexity index is 969. The largest absolute Gasteiger partial charge is 0.489 e. The van der Waals surface area contributed by atoms with Gasteiger partial charge in [-0.1, -0.05) is 28.9 Å². The number of hydrogen-bond acceptors (Lipinski definition) is 4. The maximum Gasteiger partial charge on any atom is 0.278 e. The molecule has 0 spiro atoms. The minimum atomic E-state index is -0.308. The lowest BCUT2D eigenvalue weighted by atomic mass is 10.1. The molecule has 3 rings (SSSR count). The van der Waals surface area contributed by atoms with Crippen LogP contribution < -0.4 is 10.1 Å². The third kappa shape index (κ3) is 4.37. The average Bonchev–Trinajstić information content (AvgIpc) is 2.95. The molecule has 0 aliphatic rings. The molecule has 5 nitrogen and oxygen atoms in total. The summed E-state index contributed by atoms with van der Waals surface area (Å²) >= 11 is 0. The standard InChI is InChI=1S/C22H24N2O3/c1-13-6-7-20(16(4)9-13)23-22(25)21-19(17(5)27-24-21)12-26-18-10-14(2)8-15(3)11-18/h6-11H,12H2,1-5H3,(H,23,25). The smallest absolute Gasteiger partial charge is 0.278 e. The molecule has 3 aromatic rings. The van der Waals surface area contributed by atoms with Crippen molar-refractivity contribution in [1.29, 1.82) is 0 Å². The monoisotopic (exact) mass is 364 g/mol. The number of nitrogens with one attached hydrogen (secondary N) is 1. The molecule has 0 saturated heterocycles. The van der Waals surface area contributed by atoms with Crippen molar-refractivity contribution in [2.75, 3.05) is 5.32 Å². The number of aromatic nitrogens is 1. The van der Waals surface area contributed by atoms with Gasteiger partial charge in [-0.25, -0.2) is 0 Å². The quantitative estimate of drug-likeness (QED) is 0.688. The third-order valence-electron chi connectivity index (χ3n) is 4.41. The van der Waals surface area contributed by atoms with E-state index in [-0.39, 0.29) is 18.2 Å². The lowest BCUT2D eigenvalue weighted by Crippen LogP contribution is -2.16. The Morgan fingerprint density at radius 2 is 1.70 bits per heavy atom. The highest BCUT2D eigenvalue weighted by Gasteiger charge is 2.21. The van der Waals surface area contributed by atoms with Crippen molar-refractivity contribution in [1.82, 2.24) is 5.16 Å². The fourth-order valence-electron chi connectivity index (χ4n) is 3.05. The summed E-state index contributed by atoms with van der Waals surface area (Å²) in [7, 11) is 0. The van der Waals surface area contributed by atoms with Crippen molar-refractivity contribution in [3.05, 3.63) is 75.7 Å². The lowest BCUT2D eigenvalue weighted by molar-refractivity contribution is 0.101. The molecule has 0 unspecified atom stereocenters. The fourth-order valence-corrected chi connectivity index (χ4v) is 3.05. The van der Waals surface area contributed by atoms with E-state index >= 15 is 0 Å². The number of ether oxygens (including phenoxy) is 1. The Kier molecular flexibility index (Phi) is 5.31. The fraction of sp³-hybridized carbons (Fsp3) is 0.273. The van der Waals surface area contributed by atoms with Crippen LogP contribution in [-0.2, 0) is 6.61 Å². The molecule has 0 saturated carbocycles. The van der Waals surface area contributed by atoms with E-state index < -0.39 is 0 Å². The number of anilines is 1. The van der Waals surface area contributed by atoms with Crippen LogP contribution in [0.2, 0.25) is 0 Å². The molecule has 0 aliphatic carbocycles. The number of carbonyl (C=O) groups is 1. The number of amides is 1. The second-order valence-electron chi connectivity index (χ2n) is 6.95. The zero-order valence-electron chi connectivity index (χ0n) is 16.3. The van der Waals surface area contributed by atoms with Crippen LogP contribution in [0.5, 0.6) is 5.75 Å². The van der Waals surface area contributed by atoms with Crippen LogP contribution in [0.4, 0.5) is 5.69 Å². The summed E-state index contributed by atoms with van der Waals surface area (Å²) in [6, 6.07) is 11.9. The number of rotatable bonds is 5. The number of aryl methyl sites for hydroxylation is 5. The van der Waals surface area contributed by atoms with Crippen molar-refractivity contribution in [2.24, 2.45) is 0 Å². The first-order chi connectivity index (χ1) is 12.8. The summed E-state index contributed by atoms with van der Waals surface area (Å²) in [4.78, 5) is 12.7. The molecule has 1 aromatic heterocycles. The van der Waals surface area contributed by atoms with Gasteiger partial charge in [0.2, 0.25) is 0 Å². The van der Waals surface area contributed by atoms with Gasteiger partial charge >= 0.3 is 0 Å². The van der Waals surface area contributed by atoms with Gasteiger partial charge in [0.25, 0.3) is 5.91 Å². The molecule has 0 fully saturated rings. The molecule has 27 heavy (non-hydrogen) atoms. The van der Waals surface area contributed by atoms with Crippen LogP contribution in [0, 0.1) is 34.6 Å². The highest BCUT2D eigenvalue weighted by atomic mass is 16.5. The normalized spacial score (nSPS) is 10.7. The van der Waals surface area contributed by atoms with E-state index in [1.807, 2.05) is 58.0 Å². The van der Waals surface area contributed by atoms with E-state index in [1.165, 1.54) is 0 Å². The highest BCUT2D eigenvalue weighted by molar-refractivity contribution is 6.04. The van der Waals surface area contributed by atoms with E-state index in [1.54, 1.807) is 6.92 Å². The molecule has 0 aliphatic heterocycles. The van der Waals surface area contributed by atoms with Crippen LogP contribution >= 0.6 is 0 Å². The molecule has 0 atom stereocenters. The van der Waals surface area contributed by atoms with Gasteiger partial charge in [-0.2, -0.15) is 0 Å². The number of benzene rings is 2. The summed E-state index contributed by atoms with van der Waals surface area (Å²) < 4.78 is 11.1. The first kappa shape index (κ1) is 18.7. The minimum absolute atomic E-state index is 0.216. The Balaban J connectivity index is 1.78. The van der Waals surface area contributed by atoms with E-state index in [9.17, 15) is 4.79 Å². The van der Waals surface area contributed by atoms with Gasteiger partial charge in [0.1, 0.15) is 18.1 Å². The molecular formula is C22H24N2O3. The van der Waals surface area contributed by atoms with Crippen molar-refractivity contribution >= 4 is 11.6 Å². The molecule has 2 aromatic carbocycles. The molecule has 5 heteroatoms. The molecule has 140 valence electrons. The number of hydrogen-bond donors (Lipinski definition) is 1. The highest BCUT2D eigenvalue weighted by Crippen LogP contribution is 2.22. The van der Waals surface area contributed by atoms with E-state index in [2.05, 4.69) is 16.5 Å². The van der Waals surface area contributed by atoms with Gasteiger partial charge < -0.3 is 14.6 Å². The van der Waals surface area contributed by atoms with Crippen LogP contribution in [0.15, 0.2) is 40.9 Å². The van der Waals surface area contributed by atoms with Gasteiger partial charge in [0.15, 0.2) is 5.69 Å². The van der Waals surface area contributed by atoms with Crippen molar-refractivity contribution in [2.45, 2.75) is 41.2 Å². The first-order valence-electron chi connectivity index (χ1n) is 8.88. The van der Waals surface area contributed by atoms with Crippen LogP contribution in [0.25, 0.3) is 0 Å². The van der Waals surface area contributed by atoms with Gasteiger partial charge in [-0.05, 0) is 69.5 Å². The predicted molar refractivity (Wildman–Crippen MR) is 105 cm³/mol. The Labute approximate surface area is 159 Å². The maximum absolute atomic E-state index is 12.7. The van der Waals surface area contributed by atoms with Gasteiger partial charge in [-0.15, -0.1) is 0 Å². The van der Waals surface area contributed by atoms with Gasteiger partial charge in [-0.3, -0.25) is 4.79 Å². The van der Waals surface area contributed by atoms with E-state index in [0.717, 1.165) is 33.7 Å². The van der Waals surface area contributed by atoms with Crippen LogP contribution in [0.3, 0.4) is 0 Å². The SMILES string of the molecule is Cc1cc(C)cc(OCc2c(C(=O)Nc3ccc(C)cc3C)noc2C)c1. The zero-order chi connectivity index (χ0) is 19.6. The summed E-state index contributed by atoms with van der Waals surface area (Å²) in [6.07, 6.45) is 0. The van der Waals surface area contributed by atoms with Crippen molar-refractivity contribution < 1.29 is 14.1 Å². The van der Waals surface area contributed by atoms with Crippen LogP contribution in [0.1, 0.15) is 44.1 Å².